The van der Waals surface area contributed by atoms with Crippen molar-refractivity contribution < 1.29 is 9.90 Å². The molecule has 0 amide bonds. The van der Waals surface area contributed by atoms with Gasteiger partial charge in [-0.15, -0.1) is 0 Å². The lowest BCUT2D eigenvalue weighted by molar-refractivity contribution is -0.118. The van der Waals surface area contributed by atoms with E-state index >= 15 is 0 Å². The lowest BCUT2D eigenvalue weighted by atomic mass is 10.2. The Morgan fingerprint density at radius 1 is 0.875 bits per heavy atom. The average molecular weight is 222 g/mol. The third kappa shape index (κ3) is 6.57. The normalized spacial score (nSPS) is 21.9. The van der Waals surface area contributed by atoms with Gasteiger partial charge in [0.2, 0.25) is 0 Å². The topological polar surface area (TPSA) is 37.3 Å². The highest BCUT2D eigenvalue weighted by Crippen LogP contribution is 2.10. The number of carbonyl (C=O) groups excluding carboxylic acids is 1. The van der Waals surface area contributed by atoms with Gasteiger partial charge in [-0.25, -0.2) is 0 Å². The molecule has 0 spiro atoms. The van der Waals surface area contributed by atoms with Crippen LogP contribution in [-0.2, 0) is 4.79 Å². The number of hydrogen-bond acceptors (Lipinski definition) is 2. The van der Waals surface area contributed by atoms with Crippen LogP contribution in [0.5, 0.6) is 0 Å². The highest BCUT2D eigenvalue weighted by molar-refractivity contribution is 5.78. The predicted octanol–water partition coefficient (Wildman–Crippen LogP) is 3.16. The zero-order valence-electron chi connectivity index (χ0n) is 9.90. The summed E-state index contributed by atoms with van der Waals surface area (Å²) in [5.74, 6) is 0.412. The van der Waals surface area contributed by atoms with Crippen molar-refractivity contribution in [2.24, 2.45) is 0 Å². The van der Waals surface area contributed by atoms with Crippen LogP contribution in [0, 0.1) is 0 Å². The summed E-state index contributed by atoms with van der Waals surface area (Å²) >= 11 is 0. The van der Waals surface area contributed by atoms with E-state index in [-0.39, 0.29) is 6.10 Å². The minimum Gasteiger partial charge on any atom is -0.393 e. The molecule has 2 nitrogen and oxygen atoms in total. The Hall–Kier alpha value is -0.890. The number of aliphatic hydroxyl groups is 1. The molecule has 0 saturated carbocycles. The van der Waals surface area contributed by atoms with E-state index in [4.69, 9.17) is 5.11 Å². The molecule has 16 heavy (non-hydrogen) atoms. The molecule has 1 N–H and O–H groups in total. The molecular weight excluding hydrogens is 200 g/mol. The van der Waals surface area contributed by atoms with Crippen molar-refractivity contribution in [3.8, 4) is 0 Å². The Balaban J connectivity index is 0.000000160. The lowest BCUT2D eigenvalue weighted by Crippen LogP contribution is -2.02. The van der Waals surface area contributed by atoms with E-state index in [1.165, 1.54) is 0 Å². The lowest BCUT2D eigenvalue weighted by Gasteiger charge is -2.02. The van der Waals surface area contributed by atoms with E-state index in [0.717, 1.165) is 51.4 Å². The molecule has 0 unspecified atom stereocenters. The Morgan fingerprint density at radius 2 is 1.31 bits per heavy atom. The van der Waals surface area contributed by atoms with Gasteiger partial charge in [0.25, 0.3) is 0 Å². The van der Waals surface area contributed by atoms with Crippen LogP contribution < -0.4 is 0 Å². The number of hydrogen-bond donors (Lipinski definition) is 1. The zero-order chi connectivity index (χ0) is 11.6. The molecular formula is C14H22O2. The molecule has 0 aromatic rings. The molecule has 2 aliphatic rings. The number of ketones is 1. The number of carbonyl (C=O) groups is 1. The SMILES string of the molecule is O=C1CCC=CCC1.OC1CCC=CCC1. The first-order valence-electron chi connectivity index (χ1n) is 6.29. The Morgan fingerprint density at radius 3 is 1.81 bits per heavy atom. The van der Waals surface area contributed by atoms with Gasteiger partial charge in [0.15, 0.2) is 0 Å². The second kappa shape index (κ2) is 8.28. The van der Waals surface area contributed by atoms with Crippen molar-refractivity contribution in [3.63, 3.8) is 0 Å². The first-order valence-corrected chi connectivity index (χ1v) is 6.29. The number of Topliss-reactive ketones (excluding diaryl/α,β-unsaturated/α-hetero) is 1. The summed E-state index contributed by atoms with van der Waals surface area (Å²) < 4.78 is 0. The minimum atomic E-state index is -0.0370. The molecule has 0 bridgehead atoms. The largest absolute Gasteiger partial charge is 0.393 e. The molecule has 0 atom stereocenters. The molecule has 90 valence electrons. The van der Waals surface area contributed by atoms with Crippen LogP contribution in [0.15, 0.2) is 24.3 Å². The van der Waals surface area contributed by atoms with Gasteiger partial charge in [-0.3, -0.25) is 4.79 Å². The molecule has 0 fully saturated rings. The van der Waals surface area contributed by atoms with Crippen LogP contribution >= 0.6 is 0 Å². The molecule has 0 aromatic carbocycles. The van der Waals surface area contributed by atoms with E-state index < -0.39 is 0 Å². The monoisotopic (exact) mass is 222 g/mol. The van der Waals surface area contributed by atoms with Crippen molar-refractivity contribution in [2.45, 2.75) is 57.5 Å². The molecule has 0 aromatic heterocycles. The van der Waals surface area contributed by atoms with Crippen LogP contribution in [0.3, 0.4) is 0 Å². The van der Waals surface area contributed by atoms with E-state index in [1.807, 2.05) is 0 Å². The van der Waals surface area contributed by atoms with Crippen molar-refractivity contribution >= 4 is 5.78 Å². The Labute approximate surface area is 98.1 Å². The van der Waals surface area contributed by atoms with Crippen molar-refractivity contribution in [1.82, 2.24) is 0 Å². The molecule has 0 radical (unpaired) electrons. The molecule has 2 heteroatoms. The van der Waals surface area contributed by atoms with Crippen LogP contribution in [0.1, 0.15) is 51.4 Å². The smallest absolute Gasteiger partial charge is 0.133 e. The maximum Gasteiger partial charge on any atom is 0.133 e. The quantitative estimate of drug-likeness (QED) is 0.639. The van der Waals surface area contributed by atoms with Gasteiger partial charge in [0.05, 0.1) is 6.10 Å². The summed E-state index contributed by atoms with van der Waals surface area (Å²) in [5.41, 5.74) is 0. The third-order valence-electron chi connectivity index (χ3n) is 2.85. The van der Waals surface area contributed by atoms with Crippen LogP contribution in [0.25, 0.3) is 0 Å². The van der Waals surface area contributed by atoms with E-state index in [9.17, 15) is 4.79 Å². The summed E-state index contributed by atoms with van der Waals surface area (Å²) in [7, 11) is 0. The first kappa shape index (κ1) is 13.2. The van der Waals surface area contributed by atoms with E-state index in [0.29, 0.717) is 5.78 Å². The van der Waals surface area contributed by atoms with E-state index in [2.05, 4.69) is 24.3 Å². The highest BCUT2D eigenvalue weighted by atomic mass is 16.3. The van der Waals surface area contributed by atoms with Gasteiger partial charge < -0.3 is 5.11 Å². The Kier molecular flexibility index (Phi) is 6.82. The number of allylic oxidation sites excluding steroid dienone is 4. The second-order valence-electron chi connectivity index (χ2n) is 4.37. The van der Waals surface area contributed by atoms with Crippen LogP contribution in [0.4, 0.5) is 0 Å². The summed E-state index contributed by atoms with van der Waals surface area (Å²) in [6.07, 6.45) is 15.9. The van der Waals surface area contributed by atoms with Gasteiger partial charge in [0.1, 0.15) is 5.78 Å². The standard InChI is InChI=1S/C7H12O.C7H10O/c2*8-7-5-3-1-2-4-6-7/h1-2,7-8H,3-6H2;1-2H,3-6H2. The maximum atomic E-state index is 10.6. The summed E-state index contributed by atoms with van der Waals surface area (Å²) in [6, 6.07) is 0. The fraction of sp³-hybridized carbons (Fsp3) is 0.643. The van der Waals surface area contributed by atoms with Gasteiger partial charge in [-0.1, -0.05) is 24.3 Å². The van der Waals surface area contributed by atoms with Crippen LogP contribution in [-0.4, -0.2) is 17.0 Å². The number of aliphatic hydroxyl groups excluding tert-OH is 1. The second-order valence-corrected chi connectivity index (χ2v) is 4.37. The molecule has 0 saturated heterocycles. The van der Waals surface area contributed by atoms with Crippen LogP contribution in [0.2, 0.25) is 0 Å². The number of rotatable bonds is 0. The summed E-state index contributed by atoms with van der Waals surface area (Å²) in [4.78, 5) is 10.6. The maximum absolute atomic E-state index is 10.6. The first-order chi connectivity index (χ1) is 7.79. The molecule has 2 aliphatic carbocycles. The van der Waals surface area contributed by atoms with E-state index in [1.54, 1.807) is 0 Å². The van der Waals surface area contributed by atoms with Gasteiger partial charge in [-0.2, -0.15) is 0 Å². The zero-order valence-corrected chi connectivity index (χ0v) is 9.90. The fourth-order valence-electron chi connectivity index (χ4n) is 1.81. The molecule has 0 aliphatic heterocycles. The minimum absolute atomic E-state index is 0.0370. The molecule has 2 rings (SSSR count). The average Bonchev–Trinajstić information content (AvgIpc) is 2.64. The van der Waals surface area contributed by atoms with Crippen molar-refractivity contribution in [2.75, 3.05) is 0 Å². The third-order valence-corrected chi connectivity index (χ3v) is 2.85. The highest BCUT2D eigenvalue weighted by Gasteiger charge is 2.02. The van der Waals surface area contributed by atoms with Gasteiger partial charge in [0, 0.05) is 12.8 Å². The predicted molar refractivity (Wildman–Crippen MR) is 66.2 cm³/mol. The van der Waals surface area contributed by atoms with Crippen molar-refractivity contribution in [3.05, 3.63) is 24.3 Å². The van der Waals surface area contributed by atoms with Crippen molar-refractivity contribution in [1.29, 1.82) is 0 Å². The van der Waals surface area contributed by atoms with Gasteiger partial charge >= 0.3 is 0 Å². The Bertz CT molecular complexity index is 231. The van der Waals surface area contributed by atoms with Gasteiger partial charge in [-0.05, 0) is 38.5 Å². The summed E-state index contributed by atoms with van der Waals surface area (Å²) in [6.45, 7) is 0. The molecule has 0 heterocycles. The summed E-state index contributed by atoms with van der Waals surface area (Å²) in [5, 5.41) is 9.05. The fourth-order valence-corrected chi connectivity index (χ4v) is 1.81.